The van der Waals surface area contributed by atoms with E-state index in [1.165, 1.54) is 6.42 Å². The number of benzene rings is 1. The highest BCUT2D eigenvalue weighted by atomic mass is 16.5. The van der Waals surface area contributed by atoms with Crippen molar-refractivity contribution in [2.45, 2.75) is 25.5 Å². The first kappa shape index (κ1) is 12.9. The highest BCUT2D eigenvalue weighted by Crippen LogP contribution is 2.25. The number of primary amides is 1. The second-order valence-corrected chi connectivity index (χ2v) is 4.97. The van der Waals surface area contributed by atoms with Gasteiger partial charge in [-0.3, -0.25) is 4.79 Å². The topological polar surface area (TPSA) is 70.1 Å². The third-order valence-corrected chi connectivity index (χ3v) is 3.55. The highest BCUT2D eigenvalue weighted by molar-refractivity contribution is 5.93. The molecule has 1 aliphatic heterocycles. The minimum absolute atomic E-state index is 0.0439. The first-order valence-electron chi connectivity index (χ1n) is 6.80. The Morgan fingerprint density at radius 3 is 2.70 bits per heavy atom. The number of aromatic nitrogens is 2. The second-order valence-electron chi connectivity index (χ2n) is 4.97. The Hall–Kier alpha value is -2.14. The minimum Gasteiger partial charge on any atom is -0.366 e. The van der Waals surface area contributed by atoms with E-state index in [1.807, 2.05) is 29.2 Å². The normalized spacial score (nSPS) is 18.9. The molecular weight excluding hydrogens is 254 g/mol. The molecule has 0 aliphatic carbocycles. The van der Waals surface area contributed by atoms with Crippen LogP contribution in [0, 0.1) is 0 Å². The summed E-state index contributed by atoms with van der Waals surface area (Å²) in [6.07, 6.45) is 7.14. The van der Waals surface area contributed by atoms with Crippen molar-refractivity contribution in [3.63, 3.8) is 0 Å². The van der Waals surface area contributed by atoms with E-state index >= 15 is 0 Å². The summed E-state index contributed by atoms with van der Waals surface area (Å²) in [6.45, 7) is 0.799. The maximum absolute atomic E-state index is 11.0. The molecule has 1 atom stereocenters. The van der Waals surface area contributed by atoms with Crippen LogP contribution in [0.2, 0.25) is 0 Å². The largest absolute Gasteiger partial charge is 0.366 e. The predicted octanol–water partition coefficient (Wildman–Crippen LogP) is 2.35. The summed E-state index contributed by atoms with van der Waals surface area (Å²) in [7, 11) is 0. The van der Waals surface area contributed by atoms with Gasteiger partial charge in [0.1, 0.15) is 6.23 Å². The van der Waals surface area contributed by atoms with Crippen LogP contribution in [0.5, 0.6) is 0 Å². The van der Waals surface area contributed by atoms with E-state index < -0.39 is 5.91 Å². The standard InChI is InChI=1S/C15H17N3O2/c16-15(19)12-6-4-11(5-7-12)13-9-17-18(10-13)14-3-1-2-8-20-14/h4-7,9-10,14H,1-3,8H2,(H2,16,19). The molecule has 104 valence electrons. The molecule has 0 saturated carbocycles. The van der Waals surface area contributed by atoms with Crippen LogP contribution < -0.4 is 5.73 Å². The molecule has 1 aromatic carbocycles. The number of nitrogens with two attached hydrogens (primary N) is 1. The number of rotatable bonds is 3. The molecule has 0 radical (unpaired) electrons. The van der Waals surface area contributed by atoms with Crippen LogP contribution >= 0.6 is 0 Å². The fraction of sp³-hybridized carbons (Fsp3) is 0.333. The highest BCUT2D eigenvalue weighted by Gasteiger charge is 2.16. The lowest BCUT2D eigenvalue weighted by molar-refractivity contribution is -0.0394. The summed E-state index contributed by atoms with van der Waals surface area (Å²) in [5.74, 6) is -0.414. The van der Waals surface area contributed by atoms with Crippen molar-refractivity contribution < 1.29 is 9.53 Å². The van der Waals surface area contributed by atoms with E-state index in [0.717, 1.165) is 30.6 Å². The molecule has 0 spiro atoms. The van der Waals surface area contributed by atoms with Crippen LogP contribution in [0.4, 0.5) is 0 Å². The second kappa shape index (κ2) is 5.46. The Bertz CT molecular complexity index is 598. The molecule has 5 heteroatoms. The van der Waals surface area contributed by atoms with Gasteiger partial charge >= 0.3 is 0 Å². The van der Waals surface area contributed by atoms with E-state index in [-0.39, 0.29) is 6.23 Å². The van der Waals surface area contributed by atoms with Crippen molar-refractivity contribution >= 4 is 5.91 Å². The fourth-order valence-electron chi connectivity index (χ4n) is 2.40. The minimum atomic E-state index is -0.414. The predicted molar refractivity (Wildman–Crippen MR) is 75.0 cm³/mol. The average Bonchev–Trinajstić information content (AvgIpc) is 2.98. The SMILES string of the molecule is NC(=O)c1ccc(-c2cnn(C3CCCCO3)c2)cc1. The van der Waals surface area contributed by atoms with Gasteiger partial charge in [0.2, 0.25) is 5.91 Å². The van der Waals surface area contributed by atoms with Crippen molar-refractivity contribution in [2.24, 2.45) is 5.73 Å². The zero-order chi connectivity index (χ0) is 13.9. The third kappa shape index (κ3) is 2.58. The third-order valence-electron chi connectivity index (χ3n) is 3.55. The number of carbonyl (C=O) groups is 1. The van der Waals surface area contributed by atoms with Gasteiger partial charge < -0.3 is 10.5 Å². The quantitative estimate of drug-likeness (QED) is 0.931. The Labute approximate surface area is 117 Å². The molecule has 3 rings (SSSR count). The molecule has 1 aliphatic rings. The van der Waals surface area contributed by atoms with Crippen LogP contribution in [-0.2, 0) is 4.74 Å². The molecule has 2 heterocycles. The average molecular weight is 271 g/mol. The molecule has 2 N–H and O–H groups in total. The number of amides is 1. The van der Waals surface area contributed by atoms with E-state index in [4.69, 9.17) is 10.5 Å². The summed E-state index contributed by atoms with van der Waals surface area (Å²) >= 11 is 0. The van der Waals surface area contributed by atoms with E-state index in [1.54, 1.807) is 12.1 Å². The van der Waals surface area contributed by atoms with Crippen molar-refractivity contribution in [3.8, 4) is 11.1 Å². The molecule has 1 amide bonds. The van der Waals surface area contributed by atoms with E-state index in [9.17, 15) is 4.79 Å². The van der Waals surface area contributed by atoms with Gasteiger partial charge in [0.15, 0.2) is 0 Å². The van der Waals surface area contributed by atoms with Crippen LogP contribution in [-0.4, -0.2) is 22.3 Å². The molecule has 20 heavy (non-hydrogen) atoms. The lowest BCUT2D eigenvalue weighted by Crippen LogP contribution is -2.18. The van der Waals surface area contributed by atoms with Gasteiger partial charge in [-0.2, -0.15) is 5.10 Å². The Morgan fingerprint density at radius 2 is 2.05 bits per heavy atom. The Kier molecular flexibility index (Phi) is 3.52. The molecule has 5 nitrogen and oxygen atoms in total. The lowest BCUT2D eigenvalue weighted by Gasteiger charge is -2.22. The lowest BCUT2D eigenvalue weighted by atomic mass is 10.1. The van der Waals surface area contributed by atoms with E-state index in [2.05, 4.69) is 5.10 Å². The van der Waals surface area contributed by atoms with Gasteiger partial charge in [0.25, 0.3) is 0 Å². The maximum atomic E-state index is 11.0. The first-order chi connectivity index (χ1) is 9.74. The zero-order valence-corrected chi connectivity index (χ0v) is 11.2. The van der Waals surface area contributed by atoms with Crippen LogP contribution in [0.1, 0.15) is 35.8 Å². The maximum Gasteiger partial charge on any atom is 0.248 e. The van der Waals surface area contributed by atoms with Crippen LogP contribution in [0.15, 0.2) is 36.7 Å². The van der Waals surface area contributed by atoms with E-state index in [0.29, 0.717) is 5.56 Å². The number of hydrogen-bond donors (Lipinski definition) is 1. The van der Waals surface area contributed by atoms with Gasteiger partial charge in [0, 0.05) is 23.9 Å². The van der Waals surface area contributed by atoms with Crippen LogP contribution in [0.25, 0.3) is 11.1 Å². The van der Waals surface area contributed by atoms with Crippen molar-refractivity contribution in [1.29, 1.82) is 0 Å². The van der Waals surface area contributed by atoms with Gasteiger partial charge in [0.05, 0.1) is 6.20 Å². The number of hydrogen-bond acceptors (Lipinski definition) is 3. The van der Waals surface area contributed by atoms with Gasteiger partial charge in [-0.25, -0.2) is 4.68 Å². The first-order valence-corrected chi connectivity index (χ1v) is 6.80. The zero-order valence-electron chi connectivity index (χ0n) is 11.2. The van der Waals surface area contributed by atoms with Crippen molar-refractivity contribution in [1.82, 2.24) is 9.78 Å². The fourth-order valence-corrected chi connectivity index (χ4v) is 2.40. The summed E-state index contributed by atoms with van der Waals surface area (Å²) in [6, 6.07) is 7.21. The molecule has 1 unspecified atom stereocenters. The summed E-state index contributed by atoms with van der Waals surface area (Å²) < 4.78 is 7.57. The Morgan fingerprint density at radius 1 is 1.25 bits per heavy atom. The van der Waals surface area contributed by atoms with Crippen molar-refractivity contribution in [3.05, 3.63) is 42.2 Å². The molecule has 1 aromatic heterocycles. The summed E-state index contributed by atoms with van der Waals surface area (Å²) in [5, 5.41) is 4.37. The van der Waals surface area contributed by atoms with Gasteiger partial charge in [-0.15, -0.1) is 0 Å². The molecule has 1 saturated heterocycles. The molecular formula is C15H17N3O2. The van der Waals surface area contributed by atoms with Crippen LogP contribution in [0.3, 0.4) is 0 Å². The summed E-state index contributed by atoms with van der Waals surface area (Å²) in [5.41, 5.74) is 7.76. The molecule has 2 aromatic rings. The number of ether oxygens (including phenoxy) is 1. The monoisotopic (exact) mass is 271 g/mol. The van der Waals surface area contributed by atoms with Crippen molar-refractivity contribution in [2.75, 3.05) is 6.61 Å². The smallest absolute Gasteiger partial charge is 0.248 e. The summed E-state index contributed by atoms with van der Waals surface area (Å²) in [4.78, 5) is 11.0. The van der Waals surface area contributed by atoms with Gasteiger partial charge in [-0.05, 0) is 37.0 Å². The molecule has 0 bridgehead atoms. The Balaban J connectivity index is 1.80. The van der Waals surface area contributed by atoms with Gasteiger partial charge in [-0.1, -0.05) is 12.1 Å². The number of carbonyl (C=O) groups excluding carboxylic acids is 1. The molecule has 1 fully saturated rings. The number of nitrogens with zero attached hydrogens (tertiary/aromatic N) is 2.